The van der Waals surface area contributed by atoms with Gasteiger partial charge in [0.25, 0.3) is 5.69 Å². The van der Waals surface area contributed by atoms with Crippen LogP contribution in [0.25, 0.3) is 10.9 Å². The third-order valence-electron chi connectivity index (χ3n) is 3.22. The van der Waals surface area contributed by atoms with Crippen LogP contribution in [0.5, 0.6) is 0 Å². The molecule has 1 fully saturated rings. The molecule has 1 saturated heterocycles. The maximum Gasteiger partial charge on any atom is 0.295 e. The minimum Gasteiger partial charge on any atom is -0.356 e. The molecular formula is C12H13N3O3. The maximum atomic E-state index is 11.1. The number of non-ortho nitro benzene ring substituents is 1. The highest BCUT2D eigenvalue weighted by Gasteiger charge is 2.23. The second kappa shape index (κ2) is 4.38. The van der Waals surface area contributed by atoms with Gasteiger partial charge in [-0.3, -0.25) is 10.1 Å². The van der Waals surface area contributed by atoms with Crippen molar-refractivity contribution in [2.45, 2.75) is 25.5 Å². The van der Waals surface area contributed by atoms with Crippen molar-refractivity contribution in [1.82, 2.24) is 9.78 Å². The molecule has 0 N–H and O–H groups in total. The number of hydrogen-bond acceptors (Lipinski definition) is 4. The summed E-state index contributed by atoms with van der Waals surface area (Å²) in [6.45, 7) is 0.687. The van der Waals surface area contributed by atoms with E-state index in [9.17, 15) is 10.1 Å². The van der Waals surface area contributed by atoms with E-state index in [1.165, 1.54) is 6.07 Å². The molecule has 0 saturated carbocycles. The third-order valence-corrected chi connectivity index (χ3v) is 3.22. The molecule has 1 aliphatic heterocycles. The Balaban J connectivity index is 2.14. The number of benzene rings is 1. The number of aromatic nitrogens is 2. The average molecular weight is 247 g/mol. The van der Waals surface area contributed by atoms with Crippen molar-refractivity contribution >= 4 is 16.6 Å². The van der Waals surface area contributed by atoms with E-state index in [2.05, 4.69) is 5.10 Å². The predicted octanol–water partition coefficient (Wildman–Crippen LogP) is 2.64. The number of nitro groups is 1. The molecule has 2 aromatic rings. The van der Waals surface area contributed by atoms with Gasteiger partial charge >= 0.3 is 0 Å². The lowest BCUT2D eigenvalue weighted by Gasteiger charge is -2.23. The van der Waals surface area contributed by atoms with E-state index in [4.69, 9.17) is 4.74 Å². The Morgan fingerprint density at radius 2 is 2.33 bits per heavy atom. The van der Waals surface area contributed by atoms with E-state index in [1.54, 1.807) is 16.9 Å². The number of para-hydroxylation sites is 1. The van der Waals surface area contributed by atoms with E-state index in [1.807, 2.05) is 6.07 Å². The number of ether oxygens (including phenoxy) is 1. The van der Waals surface area contributed by atoms with Gasteiger partial charge in [-0.1, -0.05) is 12.1 Å². The summed E-state index contributed by atoms with van der Waals surface area (Å²) in [5, 5.41) is 16.1. The van der Waals surface area contributed by atoms with Gasteiger partial charge in [-0.2, -0.15) is 5.10 Å². The minimum atomic E-state index is -0.372. The molecule has 1 aromatic carbocycles. The summed E-state index contributed by atoms with van der Waals surface area (Å²) in [4.78, 5) is 10.7. The quantitative estimate of drug-likeness (QED) is 0.604. The van der Waals surface area contributed by atoms with E-state index >= 15 is 0 Å². The van der Waals surface area contributed by atoms with Gasteiger partial charge < -0.3 is 4.74 Å². The minimum absolute atomic E-state index is 0.0826. The SMILES string of the molecule is O=[N+]([O-])c1cccc2cnn([C@H]3CCCCO3)c12. The van der Waals surface area contributed by atoms with Crippen LogP contribution >= 0.6 is 0 Å². The standard InChI is InChI=1S/C12H13N3O3/c16-15(17)10-5-3-4-9-8-13-14(12(9)10)11-6-1-2-7-18-11/h3-5,8,11H,1-2,6-7H2/t11-/m1/s1. The first-order chi connectivity index (χ1) is 8.77. The summed E-state index contributed by atoms with van der Waals surface area (Å²) in [6.07, 6.45) is 4.42. The first-order valence-electron chi connectivity index (χ1n) is 5.99. The Bertz CT molecular complexity index is 587. The average Bonchev–Trinajstić information content (AvgIpc) is 2.83. The molecule has 18 heavy (non-hydrogen) atoms. The Kier molecular flexibility index (Phi) is 2.71. The Hall–Kier alpha value is -1.95. The molecule has 0 unspecified atom stereocenters. The summed E-state index contributed by atoms with van der Waals surface area (Å²) in [7, 11) is 0. The van der Waals surface area contributed by atoms with Crippen LogP contribution in [0.4, 0.5) is 5.69 Å². The molecule has 6 heteroatoms. The monoisotopic (exact) mass is 247 g/mol. The molecule has 0 aliphatic carbocycles. The van der Waals surface area contributed by atoms with Gasteiger partial charge in [0.05, 0.1) is 11.1 Å². The summed E-state index contributed by atoms with van der Waals surface area (Å²) < 4.78 is 7.29. The lowest BCUT2D eigenvalue weighted by molar-refractivity contribution is -0.383. The van der Waals surface area contributed by atoms with Gasteiger partial charge in [-0.05, 0) is 19.3 Å². The molecule has 6 nitrogen and oxygen atoms in total. The fourth-order valence-corrected chi connectivity index (χ4v) is 2.37. The third kappa shape index (κ3) is 1.74. The van der Waals surface area contributed by atoms with Crippen LogP contribution in [-0.4, -0.2) is 21.3 Å². The fraction of sp³-hybridized carbons (Fsp3) is 0.417. The van der Waals surface area contributed by atoms with Crippen molar-refractivity contribution in [3.63, 3.8) is 0 Å². The predicted molar refractivity (Wildman–Crippen MR) is 65.2 cm³/mol. The van der Waals surface area contributed by atoms with Crippen LogP contribution in [0.2, 0.25) is 0 Å². The van der Waals surface area contributed by atoms with Crippen molar-refractivity contribution in [2.75, 3.05) is 6.61 Å². The largest absolute Gasteiger partial charge is 0.356 e. The van der Waals surface area contributed by atoms with Gasteiger partial charge in [0.2, 0.25) is 0 Å². The molecular weight excluding hydrogens is 234 g/mol. The Morgan fingerprint density at radius 1 is 1.44 bits per heavy atom. The Morgan fingerprint density at radius 3 is 3.06 bits per heavy atom. The second-order valence-corrected chi connectivity index (χ2v) is 4.38. The highest BCUT2D eigenvalue weighted by atomic mass is 16.6. The first-order valence-corrected chi connectivity index (χ1v) is 5.99. The number of hydrogen-bond donors (Lipinski definition) is 0. The first kappa shape index (κ1) is 11.2. The molecule has 1 aromatic heterocycles. The second-order valence-electron chi connectivity index (χ2n) is 4.38. The van der Waals surface area contributed by atoms with Crippen molar-refractivity contribution in [1.29, 1.82) is 0 Å². The number of fused-ring (bicyclic) bond motifs is 1. The topological polar surface area (TPSA) is 70.2 Å². The Labute approximate surface area is 103 Å². The summed E-state index contributed by atoms with van der Waals surface area (Å²) >= 11 is 0. The smallest absolute Gasteiger partial charge is 0.295 e. The van der Waals surface area contributed by atoms with Gasteiger partial charge in [-0.15, -0.1) is 0 Å². The zero-order valence-electron chi connectivity index (χ0n) is 9.78. The lowest BCUT2D eigenvalue weighted by Crippen LogP contribution is -2.19. The van der Waals surface area contributed by atoms with Crippen molar-refractivity contribution in [3.8, 4) is 0 Å². The normalized spacial score (nSPS) is 20.1. The van der Waals surface area contributed by atoms with E-state index in [-0.39, 0.29) is 16.8 Å². The van der Waals surface area contributed by atoms with Crippen LogP contribution in [0.3, 0.4) is 0 Å². The molecule has 3 rings (SSSR count). The molecule has 0 spiro atoms. The van der Waals surface area contributed by atoms with Gasteiger partial charge in [0, 0.05) is 18.1 Å². The summed E-state index contributed by atoms with van der Waals surface area (Å²) in [5.74, 6) is 0. The number of rotatable bonds is 2. The van der Waals surface area contributed by atoms with Crippen LogP contribution < -0.4 is 0 Å². The number of nitrogens with zero attached hydrogens (tertiary/aromatic N) is 3. The van der Waals surface area contributed by atoms with Crippen LogP contribution in [0.1, 0.15) is 25.5 Å². The zero-order valence-corrected chi connectivity index (χ0v) is 9.78. The molecule has 94 valence electrons. The van der Waals surface area contributed by atoms with Crippen LogP contribution in [-0.2, 0) is 4.74 Å². The van der Waals surface area contributed by atoms with Gasteiger partial charge in [0.1, 0.15) is 5.52 Å². The van der Waals surface area contributed by atoms with E-state index in [0.29, 0.717) is 12.1 Å². The zero-order chi connectivity index (χ0) is 12.5. The highest BCUT2D eigenvalue weighted by molar-refractivity contribution is 5.87. The van der Waals surface area contributed by atoms with Crippen LogP contribution in [0.15, 0.2) is 24.4 Å². The maximum absolute atomic E-state index is 11.1. The van der Waals surface area contributed by atoms with Crippen LogP contribution in [0, 0.1) is 10.1 Å². The summed E-state index contributed by atoms with van der Waals surface area (Å²) in [5.41, 5.74) is 0.633. The molecule has 2 heterocycles. The van der Waals surface area contributed by atoms with Crippen molar-refractivity contribution in [2.24, 2.45) is 0 Å². The highest BCUT2D eigenvalue weighted by Crippen LogP contribution is 2.31. The molecule has 0 bridgehead atoms. The van der Waals surface area contributed by atoms with Gasteiger partial charge in [-0.25, -0.2) is 4.68 Å². The van der Waals surface area contributed by atoms with Crippen molar-refractivity contribution < 1.29 is 9.66 Å². The summed E-state index contributed by atoms with van der Waals surface area (Å²) in [6, 6.07) is 5.01. The fourth-order valence-electron chi connectivity index (χ4n) is 2.37. The van der Waals surface area contributed by atoms with E-state index < -0.39 is 0 Å². The molecule has 0 amide bonds. The lowest BCUT2D eigenvalue weighted by atomic mass is 10.2. The molecule has 1 aliphatic rings. The molecule has 0 radical (unpaired) electrons. The van der Waals surface area contributed by atoms with Gasteiger partial charge in [0.15, 0.2) is 6.23 Å². The van der Waals surface area contributed by atoms with Crippen molar-refractivity contribution in [3.05, 3.63) is 34.5 Å². The number of nitro benzene ring substituents is 1. The van der Waals surface area contributed by atoms with E-state index in [0.717, 1.165) is 24.6 Å². The molecule has 1 atom stereocenters.